The van der Waals surface area contributed by atoms with E-state index < -0.39 is 0 Å². The quantitative estimate of drug-likeness (QED) is 0.825. The summed E-state index contributed by atoms with van der Waals surface area (Å²) in [5.74, 6) is 0.246. The molecule has 1 aromatic carbocycles. The molecule has 1 aromatic heterocycles. The number of hydrogen-bond donors (Lipinski definition) is 2. The molecule has 0 saturated heterocycles. The number of hydrogen-bond acceptors (Lipinski definition) is 4. The van der Waals surface area contributed by atoms with Crippen molar-refractivity contribution in [1.82, 2.24) is 10.3 Å². The summed E-state index contributed by atoms with van der Waals surface area (Å²) < 4.78 is 0. The average molecular weight is 357 g/mol. The fraction of sp³-hybridized carbons (Fsp3) is 0.421. The van der Waals surface area contributed by atoms with Crippen molar-refractivity contribution in [3.8, 4) is 10.6 Å². The highest BCUT2D eigenvalue weighted by Gasteiger charge is 2.17. The topological polar surface area (TPSA) is 71.1 Å². The summed E-state index contributed by atoms with van der Waals surface area (Å²) in [5.41, 5.74) is 1.74. The van der Waals surface area contributed by atoms with E-state index in [4.69, 9.17) is 0 Å². The molecule has 0 spiro atoms. The maximum atomic E-state index is 12.0. The van der Waals surface area contributed by atoms with Crippen molar-refractivity contribution in [1.29, 1.82) is 0 Å². The molecule has 25 heavy (non-hydrogen) atoms. The van der Waals surface area contributed by atoms with E-state index in [-0.39, 0.29) is 18.4 Å². The zero-order valence-corrected chi connectivity index (χ0v) is 15.0. The number of nitrogens with one attached hydrogen (secondary N) is 2. The van der Waals surface area contributed by atoms with Crippen molar-refractivity contribution in [3.63, 3.8) is 0 Å². The Bertz CT molecular complexity index is 692. The molecule has 1 aliphatic rings. The monoisotopic (exact) mass is 357 g/mol. The summed E-state index contributed by atoms with van der Waals surface area (Å²) in [5, 5.41) is 8.41. The van der Waals surface area contributed by atoms with Crippen molar-refractivity contribution < 1.29 is 9.59 Å². The second kappa shape index (κ2) is 8.76. The molecular weight excluding hydrogens is 334 g/mol. The highest BCUT2D eigenvalue weighted by Crippen LogP contribution is 2.26. The Kier molecular flexibility index (Phi) is 6.17. The summed E-state index contributed by atoms with van der Waals surface area (Å²) in [6.45, 7) is 0.0137. The van der Waals surface area contributed by atoms with Crippen molar-refractivity contribution in [2.45, 2.75) is 38.5 Å². The number of benzene rings is 1. The van der Waals surface area contributed by atoms with Gasteiger partial charge in [-0.15, -0.1) is 11.3 Å². The predicted molar refractivity (Wildman–Crippen MR) is 100 cm³/mol. The van der Waals surface area contributed by atoms with E-state index in [1.54, 1.807) is 17.5 Å². The van der Waals surface area contributed by atoms with E-state index in [0.717, 1.165) is 23.4 Å². The molecule has 0 radical (unpaired) electrons. The summed E-state index contributed by atoms with van der Waals surface area (Å²) in [7, 11) is 0. The lowest BCUT2D eigenvalue weighted by Gasteiger charge is -2.20. The van der Waals surface area contributed by atoms with Gasteiger partial charge < -0.3 is 10.6 Å². The molecule has 3 rings (SSSR count). The Morgan fingerprint density at radius 1 is 1.08 bits per heavy atom. The number of carbonyl (C=O) groups is 2. The molecule has 0 unspecified atom stereocenters. The molecular formula is C19H23N3O2S. The molecule has 2 aromatic rings. The lowest BCUT2D eigenvalue weighted by atomic mass is 9.87. The standard InChI is InChI=1S/C19H23N3O2S/c23-17(12-14-4-2-1-3-5-14)21-13-18(24)22-16-8-6-15(7-9-16)19-20-10-11-25-19/h6-11,14H,1-5,12-13H2,(H,21,23)(H,22,24). The highest BCUT2D eigenvalue weighted by atomic mass is 32.1. The van der Waals surface area contributed by atoms with E-state index in [9.17, 15) is 9.59 Å². The number of nitrogens with zero attached hydrogens (tertiary/aromatic N) is 1. The molecule has 1 aliphatic carbocycles. The van der Waals surface area contributed by atoms with Gasteiger partial charge in [0.1, 0.15) is 5.01 Å². The van der Waals surface area contributed by atoms with Crippen LogP contribution in [0, 0.1) is 5.92 Å². The van der Waals surface area contributed by atoms with Crippen LogP contribution in [0.5, 0.6) is 0 Å². The Hall–Kier alpha value is -2.21. The summed E-state index contributed by atoms with van der Waals surface area (Å²) in [4.78, 5) is 28.2. The van der Waals surface area contributed by atoms with Crippen LogP contribution in [0.15, 0.2) is 35.8 Å². The maximum absolute atomic E-state index is 12.0. The first-order chi connectivity index (χ1) is 12.2. The first kappa shape index (κ1) is 17.6. The number of amides is 2. The normalized spacial score (nSPS) is 14.9. The molecule has 132 valence electrons. The van der Waals surface area contributed by atoms with Crippen LogP contribution >= 0.6 is 11.3 Å². The van der Waals surface area contributed by atoms with Crippen LogP contribution in [-0.4, -0.2) is 23.3 Å². The third-order valence-electron chi connectivity index (χ3n) is 4.49. The summed E-state index contributed by atoms with van der Waals surface area (Å²) >= 11 is 1.58. The Labute approximate surface area is 151 Å². The second-order valence-corrected chi connectivity index (χ2v) is 7.34. The largest absolute Gasteiger partial charge is 0.347 e. The van der Waals surface area contributed by atoms with Crippen molar-refractivity contribution in [2.24, 2.45) is 5.92 Å². The zero-order valence-electron chi connectivity index (χ0n) is 14.2. The lowest BCUT2D eigenvalue weighted by molar-refractivity contribution is -0.125. The molecule has 0 bridgehead atoms. The fourth-order valence-electron chi connectivity index (χ4n) is 3.17. The maximum Gasteiger partial charge on any atom is 0.243 e. The summed E-state index contributed by atoms with van der Waals surface area (Å²) in [6, 6.07) is 7.54. The van der Waals surface area contributed by atoms with Gasteiger partial charge in [-0.25, -0.2) is 4.98 Å². The van der Waals surface area contributed by atoms with Gasteiger partial charge in [0.15, 0.2) is 0 Å². The molecule has 6 heteroatoms. The molecule has 1 fully saturated rings. The van der Waals surface area contributed by atoms with Crippen LogP contribution in [0.4, 0.5) is 5.69 Å². The predicted octanol–water partition coefficient (Wildman–Crippen LogP) is 3.84. The van der Waals surface area contributed by atoms with Gasteiger partial charge in [-0.3, -0.25) is 9.59 Å². The number of aromatic nitrogens is 1. The van der Waals surface area contributed by atoms with Gasteiger partial charge in [0.25, 0.3) is 0 Å². The third kappa shape index (κ3) is 5.39. The van der Waals surface area contributed by atoms with Gasteiger partial charge >= 0.3 is 0 Å². The van der Waals surface area contributed by atoms with Gasteiger partial charge in [0, 0.05) is 29.2 Å². The molecule has 0 atom stereocenters. The number of anilines is 1. The van der Waals surface area contributed by atoms with Gasteiger partial charge in [0.2, 0.25) is 11.8 Å². The van der Waals surface area contributed by atoms with E-state index in [1.807, 2.05) is 29.6 Å². The molecule has 2 N–H and O–H groups in total. The van der Waals surface area contributed by atoms with E-state index in [2.05, 4.69) is 15.6 Å². The number of thiazole rings is 1. The Morgan fingerprint density at radius 2 is 1.84 bits per heavy atom. The second-order valence-electron chi connectivity index (χ2n) is 6.45. The number of carbonyl (C=O) groups excluding carboxylic acids is 2. The van der Waals surface area contributed by atoms with Crippen LogP contribution in [0.25, 0.3) is 10.6 Å². The minimum atomic E-state index is -0.209. The van der Waals surface area contributed by atoms with Crippen LogP contribution in [-0.2, 0) is 9.59 Å². The smallest absolute Gasteiger partial charge is 0.243 e. The zero-order chi connectivity index (χ0) is 17.5. The van der Waals surface area contributed by atoms with Crippen molar-refractivity contribution in [2.75, 3.05) is 11.9 Å². The molecule has 0 aliphatic heterocycles. The minimum Gasteiger partial charge on any atom is -0.347 e. The van der Waals surface area contributed by atoms with Gasteiger partial charge in [-0.1, -0.05) is 19.3 Å². The molecule has 2 amide bonds. The van der Waals surface area contributed by atoms with E-state index >= 15 is 0 Å². The van der Waals surface area contributed by atoms with E-state index in [0.29, 0.717) is 18.0 Å². The fourth-order valence-corrected chi connectivity index (χ4v) is 3.82. The SMILES string of the molecule is O=C(CC1CCCCC1)NCC(=O)Nc1ccc(-c2nccs2)cc1. The van der Waals surface area contributed by atoms with E-state index in [1.165, 1.54) is 19.3 Å². The average Bonchev–Trinajstić information content (AvgIpc) is 3.16. The Balaban J connectivity index is 1.42. The molecule has 1 saturated carbocycles. The van der Waals surface area contributed by atoms with Crippen LogP contribution in [0.1, 0.15) is 38.5 Å². The lowest BCUT2D eigenvalue weighted by Crippen LogP contribution is -2.34. The van der Waals surface area contributed by atoms with Crippen molar-refractivity contribution >= 4 is 28.8 Å². The molecule has 5 nitrogen and oxygen atoms in total. The third-order valence-corrected chi connectivity index (χ3v) is 5.32. The van der Waals surface area contributed by atoms with Gasteiger partial charge in [0.05, 0.1) is 6.54 Å². The van der Waals surface area contributed by atoms with Gasteiger partial charge in [-0.2, -0.15) is 0 Å². The Morgan fingerprint density at radius 3 is 2.52 bits per heavy atom. The minimum absolute atomic E-state index is 0.0137. The highest BCUT2D eigenvalue weighted by molar-refractivity contribution is 7.13. The number of rotatable bonds is 6. The van der Waals surface area contributed by atoms with Crippen LogP contribution in [0.2, 0.25) is 0 Å². The van der Waals surface area contributed by atoms with Crippen LogP contribution < -0.4 is 10.6 Å². The summed E-state index contributed by atoms with van der Waals surface area (Å²) in [6.07, 6.45) is 8.28. The first-order valence-corrected chi connectivity index (χ1v) is 9.65. The molecule has 1 heterocycles. The van der Waals surface area contributed by atoms with Crippen LogP contribution in [0.3, 0.4) is 0 Å². The van der Waals surface area contributed by atoms with Gasteiger partial charge in [-0.05, 0) is 43.0 Å². The first-order valence-electron chi connectivity index (χ1n) is 8.77. The van der Waals surface area contributed by atoms with Crippen molar-refractivity contribution in [3.05, 3.63) is 35.8 Å².